The number of benzene rings is 3. The number of phenols is 1. The molecule has 1 aliphatic rings. The molecule has 3 aromatic carbocycles. The number of carbonyl (C=O) groups is 1. The number of carbonyl (C=O) groups excluding carboxylic acids is 1. The Morgan fingerprint density at radius 3 is 2.19 bits per heavy atom. The van der Waals surface area contributed by atoms with Gasteiger partial charge in [0.1, 0.15) is 23.9 Å². The van der Waals surface area contributed by atoms with Gasteiger partial charge in [0.15, 0.2) is 11.6 Å². The van der Waals surface area contributed by atoms with Crippen LogP contribution >= 0.6 is 0 Å². The highest BCUT2D eigenvalue weighted by atomic mass is 19.1. The second-order valence-corrected chi connectivity index (χ2v) is 7.63. The van der Waals surface area contributed by atoms with Gasteiger partial charge in [0.05, 0.1) is 0 Å². The molecule has 0 fully saturated rings. The average molecular weight is 432 g/mol. The van der Waals surface area contributed by atoms with Crippen LogP contribution in [-0.2, 0) is 24.4 Å². The van der Waals surface area contributed by atoms with Gasteiger partial charge in [0.2, 0.25) is 5.91 Å². The molecule has 32 heavy (non-hydrogen) atoms. The summed E-state index contributed by atoms with van der Waals surface area (Å²) in [6.45, 7) is 0.773. The van der Waals surface area contributed by atoms with Crippen molar-refractivity contribution < 1.29 is 18.7 Å². The van der Waals surface area contributed by atoms with E-state index in [1.807, 2.05) is 6.07 Å². The van der Waals surface area contributed by atoms with E-state index in [0.29, 0.717) is 35.9 Å². The highest BCUT2D eigenvalue weighted by molar-refractivity contribution is 5.77. The number of hydrogen-bond donors (Lipinski definition) is 1. The summed E-state index contributed by atoms with van der Waals surface area (Å²) in [6, 6.07) is 16.6. The summed E-state index contributed by atoms with van der Waals surface area (Å²) < 4.78 is 28.2. The molecule has 0 bridgehead atoms. The summed E-state index contributed by atoms with van der Waals surface area (Å²) in [7, 11) is 0. The van der Waals surface area contributed by atoms with Gasteiger partial charge in [-0.05, 0) is 71.8 Å². The van der Waals surface area contributed by atoms with Crippen LogP contribution in [0.15, 0.2) is 66.7 Å². The van der Waals surface area contributed by atoms with Gasteiger partial charge in [-0.2, -0.15) is 0 Å². The van der Waals surface area contributed by atoms with E-state index in [0.717, 1.165) is 11.1 Å². The molecule has 0 spiro atoms. The molecule has 8 heteroatoms. The third-order valence-corrected chi connectivity index (χ3v) is 5.43. The van der Waals surface area contributed by atoms with Crippen molar-refractivity contribution in [3.63, 3.8) is 0 Å². The monoisotopic (exact) mass is 432 g/mol. The Labute approximate surface area is 182 Å². The highest BCUT2D eigenvalue weighted by Gasteiger charge is 2.25. The molecule has 1 amide bonds. The van der Waals surface area contributed by atoms with Crippen molar-refractivity contribution in [2.75, 3.05) is 0 Å². The molecule has 0 atom stereocenters. The maximum atomic E-state index is 13.4. The highest BCUT2D eigenvalue weighted by Crippen LogP contribution is 2.27. The van der Waals surface area contributed by atoms with E-state index in [2.05, 4.69) is 10.1 Å². The Morgan fingerprint density at radius 1 is 0.875 bits per heavy atom. The maximum Gasteiger partial charge on any atom is 0.244 e. The molecule has 6 nitrogen and oxygen atoms in total. The van der Waals surface area contributed by atoms with E-state index in [9.17, 15) is 18.7 Å². The van der Waals surface area contributed by atoms with Crippen LogP contribution < -0.4 is 0 Å². The van der Waals surface area contributed by atoms with Gasteiger partial charge in [0.25, 0.3) is 0 Å². The predicted octanol–water partition coefficient (Wildman–Crippen LogP) is 4.14. The molecule has 1 aromatic heterocycles. The second-order valence-electron chi connectivity index (χ2n) is 7.63. The van der Waals surface area contributed by atoms with Crippen molar-refractivity contribution >= 4 is 5.91 Å². The minimum absolute atomic E-state index is 0.0686. The third kappa shape index (κ3) is 3.82. The summed E-state index contributed by atoms with van der Waals surface area (Å²) in [4.78, 5) is 19.3. The van der Waals surface area contributed by atoms with Crippen molar-refractivity contribution in [1.82, 2.24) is 19.7 Å². The van der Waals surface area contributed by atoms with E-state index in [1.54, 1.807) is 41.3 Å². The van der Waals surface area contributed by atoms with E-state index < -0.39 is 0 Å². The van der Waals surface area contributed by atoms with Crippen LogP contribution in [-0.4, -0.2) is 30.7 Å². The van der Waals surface area contributed by atoms with Gasteiger partial charge in [0, 0.05) is 24.2 Å². The fourth-order valence-corrected chi connectivity index (χ4v) is 3.77. The fourth-order valence-electron chi connectivity index (χ4n) is 3.77. The number of halogens is 2. The molecule has 0 aliphatic carbocycles. The summed E-state index contributed by atoms with van der Waals surface area (Å²) >= 11 is 0. The van der Waals surface area contributed by atoms with Crippen LogP contribution in [0.5, 0.6) is 5.75 Å². The molecule has 4 aromatic rings. The van der Waals surface area contributed by atoms with Crippen molar-refractivity contribution in [2.45, 2.75) is 19.6 Å². The first-order chi connectivity index (χ1) is 15.5. The molecular weight excluding hydrogens is 414 g/mol. The SMILES string of the molecule is O=C(Cn1nc(-c2ccc(F)cc2)nc1-c1ccc(F)cc1)N1Cc2ccc(O)cc2C1. The fraction of sp³-hybridized carbons (Fsp3) is 0.125. The normalized spacial score (nSPS) is 12.8. The van der Waals surface area contributed by atoms with Crippen molar-refractivity contribution in [3.8, 4) is 28.5 Å². The molecule has 2 heterocycles. The van der Waals surface area contributed by atoms with Crippen LogP contribution in [0.3, 0.4) is 0 Å². The third-order valence-electron chi connectivity index (χ3n) is 5.43. The molecule has 160 valence electrons. The van der Waals surface area contributed by atoms with Gasteiger partial charge in [-0.25, -0.2) is 18.4 Å². The first kappa shape index (κ1) is 19.9. The van der Waals surface area contributed by atoms with Crippen LogP contribution in [0.1, 0.15) is 11.1 Å². The maximum absolute atomic E-state index is 13.4. The molecule has 5 rings (SSSR count). The van der Waals surface area contributed by atoms with Crippen LogP contribution in [0.25, 0.3) is 22.8 Å². The van der Waals surface area contributed by atoms with Gasteiger partial charge in [-0.15, -0.1) is 5.10 Å². The Morgan fingerprint density at radius 2 is 1.50 bits per heavy atom. The van der Waals surface area contributed by atoms with Gasteiger partial charge in [-0.1, -0.05) is 6.07 Å². The quantitative estimate of drug-likeness (QED) is 0.526. The number of phenolic OH excluding ortho intramolecular Hbond substituents is 1. The lowest BCUT2D eigenvalue weighted by Crippen LogP contribution is -2.29. The Kier molecular flexibility index (Phi) is 4.89. The van der Waals surface area contributed by atoms with Gasteiger partial charge >= 0.3 is 0 Å². The van der Waals surface area contributed by atoms with E-state index in [1.165, 1.54) is 28.9 Å². The zero-order valence-electron chi connectivity index (χ0n) is 16.9. The summed E-state index contributed by atoms with van der Waals surface area (Å²) in [6.07, 6.45) is 0. The number of rotatable bonds is 4. The smallest absolute Gasteiger partial charge is 0.244 e. The number of amides is 1. The first-order valence-corrected chi connectivity index (χ1v) is 10.0. The van der Waals surface area contributed by atoms with E-state index in [-0.39, 0.29) is 29.8 Å². The second kappa shape index (κ2) is 7.88. The minimum Gasteiger partial charge on any atom is -0.508 e. The van der Waals surface area contributed by atoms with E-state index in [4.69, 9.17) is 0 Å². The lowest BCUT2D eigenvalue weighted by Gasteiger charge is -2.16. The molecule has 0 radical (unpaired) electrons. The lowest BCUT2D eigenvalue weighted by molar-refractivity contribution is -0.132. The molecule has 1 N–H and O–H groups in total. The van der Waals surface area contributed by atoms with Gasteiger partial charge in [-0.3, -0.25) is 4.79 Å². The van der Waals surface area contributed by atoms with Gasteiger partial charge < -0.3 is 10.0 Å². The lowest BCUT2D eigenvalue weighted by atomic mass is 10.1. The zero-order chi connectivity index (χ0) is 22.2. The molecular formula is C24H18F2N4O2. The van der Waals surface area contributed by atoms with Crippen LogP contribution in [0, 0.1) is 11.6 Å². The summed E-state index contributed by atoms with van der Waals surface area (Å²) in [5, 5.41) is 14.2. The van der Waals surface area contributed by atoms with Crippen molar-refractivity contribution in [1.29, 1.82) is 0 Å². The van der Waals surface area contributed by atoms with Crippen LogP contribution in [0.2, 0.25) is 0 Å². The number of aromatic hydroxyl groups is 1. The minimum atomic E-state index is -0.382. The number of hydrogen-bond acceptors (Lipinski definition) is 4. The average Bonchev–Trinajstić information content (AvgIpc) is 3.39. The predicted molar refractivity (Wildman–Crippen MR) is 113 cm³/mol. The zero-order valence-corrected chi connectivity index (χ0v) is 16.9. The van der Waals surface area contributed by atoms with Crippen molar-refractivity contribution in [3.05, 3.63) is 89.5 Å². The largest absolute Gasteiger partial charge is 0.508 e. The molecule has 0 unspecified atom stereocenters. The number of fused-ring (bicyclic) bond motifs is 1. The van der Waals surface area contributed by atoms with Crippen LogP contribution in [0.4, 0.5) is 8.78 Å². The summed E-state index contributed by atoms with van der Waals surface area (Å²) in [5.74, 6) is -0.00950. The summed E-state index contributed by atoms with van der Waals surface area (Å²) in [5.41, 5.74) is 3.10. The topological polar surface area (TPSA) is 71.2 Å². The molecule has 0 saturated carbocycles. The van der Waals surface area contributed by atoms with E-state index >= 15 is 0 Å². The Balaban J connectivity index is 1.46. The number of aromatic nitrogens is 3. The first-order valence-electron chi connectivity index (χ1n) is 10.0. The Bertz CT molecular complexity index is 1300. The Hall–Kier alpha value is -4.07. The molecule has 1 aliphatic heterocycles. The molecule has 0 saturated heterocycles. The standard InChI is InChI=1S/C24H18F2N4O2/c25-19-6-1-15(2-7-19)23-27-24(16-3-8-20(26)9-4-16)30(28-23)14-22(32)29-12-17-5-10-21(31)11-18(17)13-29/h1-11,31H,12-14H2. The van der Waals surface area contributed by atoms with Crippen molar-refractivity contribution in [2.24, 2.45) is 0 Å². The number of nitrogens with zero attached hydrogens (tertiary/aromatic N) is 4.